The van der Waals surface area contributed by atoms with Gasteiger partial charge in [-0.3, -0.25) is 4.79 Å². The van der Waals surface area contributed by atoms with Crippen molar-refractivity contribution >= 4 is 5.91 Å². The summed E-state index contributed by atoms with van der Waals surface area (Å²) in [6.45, 7) is 3.52. The topological polar surface area (TPSA) is 81.9 Å². The van der Waals surface area contributed by atoms with Crippen molar-refractivity contribution in [2.24, 2.45) is 0 Å². The Morgan fingerprint density at radius 1 is 1.20 bits per heavy atom. The number of amides is 1. The van der Waals surface area contributed by atoms with Gasteiger partial charge >= 0.3 is 0 Å². The highest BCUT2D eigenvalue weighted by Gasteiger charge is 2.34. The van der Waals surface area contributed by atoms with Crippen LogP contribution in [0.4, 0.5) is 4.39 Å². The number of benzene rings is 2. The lowest BCUT2D eigenvalue weighted by Gasteiger charge is -2.38. The molecule has 0 bridgehead atoms. The SMILES string of the molecule is Cc1cc(-c2nnn(CC(=O)NCC3(c4ccccc4)CCOCC3)n2)ccc1F. The Balaban J connectivity index is 1.41. The molecule has 1 saturated heterocycles. The largest absolute Gasteiger partial charge is 0.381 e. The molecule has 1 aromatic heterocycles. The summed E-state index contributed by atoms with van der Waals surface area (Å²) in [7, 11) is 0. The number of hydrogen-bond donors (Lipinski definition) is 1. The maximum absolute atomic E-state index is 13.5. The second kappa shape index (κ2) is 8.71. The van der Waals surface area contributed by atoms with E-state index in [0.29, 0.717) is 36.7 Å². The van der Waals surface area contributed by atoms with E-state index >= 15 is 0 Å². The van der Waals surface area contributed by atoms with Crippen LogP contribution in [0.25, 0.3) is 11.4 Å². The lowest BCUT2D eigenvalue weighted by molar-refractivity contribution is -0.122. The monoisotopic (exact) mass is 409 g/mol. The van der Waals surface area contributed by atoms with Gasteiger partial charge in [-0.2, -0.15) is 4.80 Å². The van der Waals surface area contributed by atoms with Gasteiger partial charge in [0.05, 0.1) is 0 Å². The van der Waals surface area contributed by atoms with Crippen LogP contribution in [-0.4, -0.2) is 45.9 Å². The summed E-state index contributed by atoms with van der Waals surface area (Å²) < 4.78 is 19.0. The fourth-order valence-corrected chi connectivity index (χ4v) is 3.78. The summed E-state index contributed by atoms with van der Waals surface area (Å²) in [5.74, 6) is -0.113. The van der Waals surface area contributed by atoms with E-state index in [1.165, 1.54) is 16.4 Å². The molecule has 1 aliphatic rings. The highest BCUT2D eigenvalue weighted by Crippen LogP contribution is 2.34. The molecule has 0 atom stereocenters. The number of carbonyl (C=O) groups excluding carboxylic acids is 1. The first-order valence-electron chi connectivity index (χ1n) is 10.0. The molecular weight excluding hydrogens is 385 g/mol. The number of tetrazole rings is 1. The van der Waals surface area contributed by atoms with Gasteiger partial charge in [0.2, 0.25) is 11.7 Å². The molecule has 0 unspecified atom stereocenters. The predicted molar refractivity (Wildman–Crippen MR) is 109 cm³/mol. The van der Waals surface area contributed by atoms with E-state index in [1.54, 1.807) is 19.1 Å². The van der Waals surface area contributed by atoms with E-state index in [9.17, 15) is 9.18 Å². The normalized spacial score (nSPS) is 15.7. The number of carbonyl (C=O) groups is 1. The first-order chi connectivity index (χ1) is 14.6. The summed E-state index contributed by atoms with van der Waals surface area (Å²) in [5, 5.41) is 15.2. The van der Waals surface area contributed by atoms with Crippen molar-refractivity contribution in [3.63, 3.8) is 0 Å². The van der Waals surface area contributed by atoms with Crippen molar-refractivity contribution in [1.29, 1.82) is 0 Å². The number of rotatable bonds is 6. The Labute approximate surface area is 174 Å². The van der Waals surface area contributed by atoms with Crippen LogP contribution >= 0.6 is 0 Å². The molecule has 4 rings (SSSR count). The molecule has 1 amide bonds. The molecule has 0 saturated carbocycles. The summed E-state index contributed by atoms with van der Waals surface area (Å²) in [4.78, 5) is 13.8. The highest BCUT2D eigenvalue weighted by molar-refractivity contribution is 5.75. The van der Waals surface area contributed by atoms with Crippen molar-refractivity contribution < 1.29 is 13.9 Å². The molecule has 0 spiro atoms. The molecule has 7 nitrogen and oxygen atoms in total. The minimum absolute atomic E-state index is 0.0332. The number of hydrogen-bond acceptors (Lipinski definition) is 5. The quantitative estimate of drug-likeness (QED) is 0.677. The summed E-state index contributed by atoms with van der Waals surface area (Å²) >= 11 is 0. The zero-order valence-electron chi connectivity index (χ0n) is 16.8. The third kappa shape index (κ3) is 4.38. The van der Waals surface area contributed by atoms with Gasteiger partial charge in [0, 0.05) is 30.7 Å². The van der Waals surface area contributed by atoms with Crippen LogP contribution in [0.5, 0.6) is 0 Å². The summed E-state index contributed by atoms with van der Waals surface area (Å²) in [6.07, 6.45) is 1.71. The van der Waals surface area contributed by atoms with Gasteiger partial charge in [0.25, 0.3) is 0 Å². The van der Waals surface area contributed by atoms with Crippen LogP contribution in [0, 0.1) is 12.7 Å². The Kier molecular flexibility index (Phi) is 5.85. The van der Waals surface area contributed by atoms with Gasteiger partial charge in [0.15, 0.2) is 0 Å². The van der Waals surface area contributed by atoms with Crippen LogP contribution in [0.2, 0.25) is 0 Å². The van der Waals surface area contributed by atoms with Gasteiger partial charge in [0.1, 0.15) is 12.4 Å². The Bertz CT molecular complexity index is 1020. The van der Waals surface area contributed by atoms with Crippen molar-refractivity contribution in [1.82, 2.24) is 25.5 Å². The van der Waals surface area contributed by atoms with Gasteiger partial charge < -0.3 is 10.1 Å². The minimum atomic E-state index is -0.286. The zero-order valence-corrected chi connectivity index (χ0v) is 16.8. The van der Waals surface area contributed by atoms with Crippen LogP contribution in [0.1, 0.15) is 24.0 Å². The van der Waals surface area contributed by atoms with E-state index in [1.807, 2.05) is 18.2 Å². The molecular formula is C22H24FN5O2. The van der Waals surface area contributed by atoms with Crippen molar-refractivity contribution in [3.8, 4) is 11.4 Å². The molecule has 3 aromatic rings. The molecule has 1 aliphatic heterocycles. The maximum Gasteiger partial charge on any atom is 0.243 e. The van der Waals surface area contributed by atoms with Crippen molar-refractivity contribution in [3.05, 3.63) is 65.5 Å². The molecule has 0 aliphatic carbocycles. The highest BCUT2D eigenvalue weighted by atomic mass is 19.1. The Hall–Kier alpha value is -3.13. The standard InChI is InChI=1S/C22H24FN5O2/c1-16-13-17(7-8-19(16)23)21-25-27-28(26-21)14-20(29)24-15-22(9-11-30-12-10-22)18-5-3-2-4-6-18/h2-8,13H,9-12,14-15H2,1H3,(H,24,29). The van der Waals surface area contributed by atoms with Crippen molar-refractivity contribution in [2.75, 3.05) is 19.8 Å². The van der Waals surface area contributed by atoms with Crippen LogP contribution in [0.15, 0.2) is 48.5 Å². The molecule has 30 heavy (non-hydrogen) atoms. The smallest absolute Gasteiger partial charge is 0.243 e. The van der Waals surface area contributed by atoms with Gasteiger partial charge in [-0.05, 0) is 54.3 Å². The average molecular weight is 409 g/mol. The van der Waals surface area contributed by atoms with Crippen LogP contribution in [0.3, 0.4) is 0 Å². The zero-order chi connectivity index (χ0) is 21.0. The van der Waals surface area contributed by atoms with E-state index < -0.39 is 0 Å². The van der Waals surface area contributed by atoms with Gasteiger partial charge in [-0.15, -0.1) is 10.2 Å². The fourth-order valence-electron chi connectivity index (χ4n) is 3.78. The lowest BCUT2D eigenvalue weighted by atomic mass is 9.74. The molecule has 1 N–H and O–H groups in total. The number of aromatic nitrogens is 4. The third-order valence-electron chi connectivity index (χ3n) is 5.61. The van der Waals surface area contributed by atoms with E-state index in [4.69, 9.17) is 4.74 Å². The fraction of sp³-hybridized carbons (Fsp3) is 0.364. The van der Waals surface area contributed by atoms with Crippen LogP contribution < -0.4 is 5.32 Å². The predicted octanol–water partition coefficient (Wildman–Crippen LogP) is 2.65. The second-order valence-corrected chi connectivity index (χ2v) is 7.64. The van der Waals surface area contributed by atoms with Crippen LogP contribution in [-0.2, 0) is 21.5 Å². The summed E-state index contributed by atoms with van der Waals surface area (Å²) in [5.41, 5.74) is 2.23. The number of aryl methyl sites for hydroxylation is 1. The van der Waals surface area contributed by atoms with E-state index in [-0.39, 0.29) is 23.7 Å². The molecule has 2 heterocycles. The molecule has 156 valence electrons. The van der Waals surface area contributed by atoms with Crippen molar-refractivity contribution in [2.45, 2.75) is 31.7 Å². The van der Waals surface area contributed by atoms with E-state index in [0.717, 1.165) is 12.8 Å². The summed E-state index contributed by atoms with van der Waals surface area (Å²) in [6, 6.07) is 14.9. The number of nitrogens with zero attached hydrogens (tertiary/aromatic N) is 4. The molecule has 0 radical (unpaired) electrons. The number of nitrogens with one attached hydrogen (secondary N) is 1. The lowest BCUT2D eigenvalue weighted by Crippen LogP contribution is -2.45. The first kappa shape index (κ1) is 20.2. The average Bonchev–Trinajstić information content (AvgIpc) is 3.24. The Morgan fingerprint density at radius 2 is 1.97 bits per heavy atom. The minimum Gasteiger partial charge on any atom is -0.381 e. The number of halogens is 1. The second-order valence-electron chi connectivity index (χ2n) is 7.64. The number of ether oxygens (including phenoxy) is 1. The first-order valence-corrected chi connectivity index (χ1v) is 10.0. The van der Waals surface area contributed by atoms with Gasteiger partial charge in [-0.1, -0.05) is 30.3 Å². The molecule has 1 fully saturated rings. The third-order valence-corrected chi connectivity index (χ3v) is 5.61. The van der Waals surface area contributed by atoms with Gasteiger partial charge in [-0.25, -0.2) is 4.39 Å². The maximum atomic E-state index is 13.5. The molecule has 2 aromatic carbocycles. The Morgan fingerprint density at radius 3 is 2.70 bits per heavy atom. The van der Waals surface area contributed by atoms with E-state index in [2.05, 4.69) is 32.9 Å². The molecule has 8 heteroatoms.